The smallest absolute Gasteiger partial charge is 0.339 e. The van der Waals surface area contributed by atoms with Gasteiger partial charge in [-0.3, -0.25) is 9.59 Å². The van der Waals surface area contributed by atoms with Crippen LogP contribution in [0.4, 0.5) is 0 Å². The van der Waals surface area contributed by atoms with E-state index in [0.29, 0.717) is 0 Å². The van der Waals surface area contributed by atoms with Crippen molar-refractivity contribution in [2.24, 2.45) is 16.2 Å². The minimum Gasteiger partial charge on any atom is -0.462 e. The Balaban J connectivity index is 5.83. The first-order chi connectivity index (χ1) is 16.8. The number of aliphatic hydroxyl groups is 1. The summed E-state index contributed by atoms with van der Waals surface area (Å²) in [5.41, 5.74) is -3.29. The van der Waals surface area contributed by atoms with E-state index in [1.807, 2.05) is 48.5 Å². The molecule has 0 aromatic carbocycles. The van der Waals surface area contributed by atoms with E-state index in [9.17, 15) is 19.5 Å². The molecule has 0 saturated carbocycles. The minimum atomic E-state index is -2.39. The van der Waals surface area contributed by atoms with Gasteiger partial charge in [-0.25, -0.2) is 4.79 Å². The van der Waals surface area contributed by atoms with Gasteiger partial charge in [-0.1, -0.05) is 81.6 Å². The highest BCUT2D eigenvalue weighted by Gasteiger charge is 2.46. The normalized spacial score (nSPS) is 16.8. The van der Waals surface area contributed by atoms with Crippen LogP contribution in [0, 0.1) is 16.2 Å². The zero-order valence-corrected chi connectivity index (χ0v) is 25.8. The lowest BCUT2D eigenvalue weighted by molar-refractivity contribution is -0.188. The fourth-order valence-electron chi connectivity index (χ4n) is 4.45. The highest BCUT2D eigenvalue weighted by molar-refractivity contribution is 5.90. The quantitative estimate of drug-likeness (QED) is 0.164. The van der Waals surface area contributed by atoms with Crippen LogP contribution in [0.3, 0.4) is 0 Å². The molecule has 1 N–H and O–H groups in total. The molecule has 0 aromatic rings. The van der Waals surface area contributed by atoms with Crippen LogP contribution in [0.2, 0.25) is 0 Å². The molecule has 0 fully saturated rings. The largest absolute Gasteiger partial charge is 0.462 e. The summed E-state index contributed by atoms with van der Waals surface area (Å²) in [6, 6.07) is 0. The first-order valence-corrected chi connectivity index (χ1v) is 14.1. The third-order valence-corrected chi connectivity index (χ3v) is 8.14. The lowest BCUT2D eigenvalue weighted by atomic mass is 9.82. The van der Waals surface area contributed by atoms with Crippen molar-refractivity contribution < 1.29 is 33.7 Å². The Labute approximate surface area is 226 Å². The topological polar surface area (TPSA) is 99.1 Å². The highest BCUT2D eigenvalue weighted by Crippen LogP contribution is 2.34. The molecule has 0 spiro atoms. The molecule has 0 amide bonds. The molecule has 218 valence electrons. The minimum absolute atomic E-state index is 0.277. The number of ether oxygens (including phenoxy) is 3. The van der Waals surface area contributed by atoms with Crippen LogP contribution in [0.15, 0.2) is 0 Å². The van der Waals surface area contributed by atoms with Crippen LogP contribution >= 0.6 is 0 Å². The van der Waals surface area contributed by atoms with Crippen LogP contribution in [0.25, 0.3) is 0 Å². The number of rotatable bonds is 17. The molecule has 7 heteroatoms. The monoisotopic (exact) mass is 528 g/mol. The van der Waals surface area contributed by atoms with Crippen molar-refractivity contribution >= 4 is 17.9 Å². The second kappa shape index (κ2) is 14.5. The van der Waals surface area contributed by atoms with Crippen LogP contribution in [0.1, 0.15) is 134 Å². The Hall–Kier alpha value is -1.63. The first-order valence-electron chi connectivity index (χ1n) is 14.1. The highest BCUT2D eigenvalue weighted by atomic mass is 16.6. The molecule has 0 heterocycles. The van der Waals surface area contributed by atoms with Crippen molar-refractivity contribution in [3.8, 4) is 0 Å². The third-order valence-electron chi connectivity index (χ3n) is 8.14. The Morgan fingerprint density at radius 3 is 1.14 bits per heavy atom. The number of esters is 3. The van der Waals surface area contributed by atoms with Gasteiger partial charge < -0.3 is 19.3 Å². The Kier molecular flexibility index (Phi) is 13.9. The van der Waals surface area contributed by atoms with E-state index in [4.69, 9.17) is 14.2 Å². The van der Waals surface area contributed by atoms with Crippen molar-refractivity contribution in [2.75, 3.05) is 0 Å². The fourth-order valence-corrected chi connectivity index (χ4v) is 4.45. The second-order valence-corrected chi connectivity index (χ2v) is 12.9. The van der Waals surface area contributed by atoms with Gasteiger partial charge in [0.15, 0.2) is 5.60 Å². The van der Waals surface area contributed by atoms with Gasteiger partial charge >= 0.3 is 17.9 Å². The van der Waals surface area contributed by atoms with Gasteiger partial charge in [0, 0.05) is 16.2 Å². The molecular formula is C30H56O7. The van der Waals surface area contributed by atoms with Gasteiger partial charge in [0.2, 0.25) is 0 Å². The molecule has 7 nitrogen and oxygen atoms in total. The summed E-state index contributed by atoms with van der Waals surface area (Å²) in [6.45, 7) is 23.5. The molecule has 0 saturated heterocycles. The summed E-state index contributed by atoms with van der Waals surface area (Å²) in [5, 5.41) is 11.4. The van der Waals surface area contributed by atoms with Gasteiger partial charge in [-0.15, -0.1) is 0 Å². The Bertz CT molecular complexity index is 698. The van der Waals surface area contributed by atoms with Crippen LogP contribution in [-0.2, 0) is 28.6 Å². The predicted octanol–water partition coefficient (Wildman–Crippen LogP) is 6.77. The molecule has 37 heavy (non-hydrogen) atoms. The van der Waals surface area contributed by atoms with Crippen molar-refractivity contribution in [1.82, 2.24) is 0 Å². The molecule has 0 aliphatic carbocycles. The summed E-state index contributed by atoms with van der Waals surface area (Å²) in [4.78, 5) is 39.1. The van der Waals surface area contributed by atoms with Crippen molar-refractivity contribution in [2.45, 2.75) is 158 Å². The lowest BCUT2D eigenvalue weighted by Crippen LogP contribution is -2.48. The van der Waals surface area contributed by atoms with Crippen molar-refractivity contribution in [3.05, 3.63) is 0 Å². The van der Waals surface area contributed by atoms with E-state index in [1.165, 1.54) is 0 Å². The maximum atomic E-state index is 13.3. The van der Waals surface area contributed by atoms with Gasteiger partial charge in [0.25, 0.3) is 0 Å². The zero-order valence-electron chi connectivity index (χ0n) is 25.8. The maximum absolute atomic E-state index is 13.3. The second-order valence-electron chi connectivity index (χ2n) is 12.9. The predicted molar refractivity (Wildman–Crippen MR) is 147 cm³/mol. The molecule has 0 radical (unpaired) electrons. The molecule has 0 bridgehead atoms. The van der Waals surface area contributed by atoms with E-state index < -0.39 is 54.7 Å². The van der Waals surface area contributed by atoms with E-state index >= 15 is 0 Å². The fraction of sp³-hybridized carbons (Fsp3) is 0.900. The summed E-state index contributed by atoms with van der Waals surface area (Å²) < 4.78 is 16.9. The average molecular weight is 529 g/mol. The molecule has 0 aromatic heterocycles. The van der Waals surface area contributed by atoms with Crippen LogP contribution in [0.5, 0.6) is 0 Å². The van der Waals surface area contributed by atoms with Crippen molar-refractivity contribution in [3.63, 3.8) is 0 Å². The molecule has 0 aliphatic heterocycles. The molecule has 3 unspecified atom stereocenters. The van der Waals surface area contributed by atoms with E-state index in [-0.39, 0.29) is 16.2 Å². The third kappa shape index (κ3) is 11.3. The Morgan fingerprint density at radius 1 is 0.595 bits per heavy atom. The van der Waals surface area contributed by atoms with E-state index in [0.717, 1.165) is 38.5 Å². The molecule has 0 rings (SSSR count). The van der Waals surface area contributed by atoms with Gasteiger partial charge in [0.05, 0.1) is 12.8 Å². The number of carbonyl (C=O) groups is 3. The zero-order chi connectivity index (χ0) is 29.2. The molecule has 0 aliphatic rings. The van der Waals surface area contributed by atoms with E-state index in [1.54, 1.807) is 20.8 Å². The maximum Gasteiger partial charge on any atom is 0.339 e. The van der Waals surface area contributed by atoms with Gasteiger partial charge in [-0.2, -0.15) is 0 Å². The first kappa shape index (κ1) is 35.4. The van der Waals surface area contributed by atoms with Crippen molar-refractivity contribution in [1.29, 1.82) is 0 Å². The summed E-state index contributed by atoms with van der Waals surface area (Å²) in [7, 11) is 0. The average Bonchev–Trinajstić information content (AvgIpc) is 2.72. The number of hydrogen-bond acceptors (Lipinski definition) is 7. The standard InChI is InChI=1S/C30H56O7/c1-13-16-27(7,8)21(4)35-24(31)19-30(34,26(33)37-23(6)29(11,12)18-15-3)20-25(32)36-22(5)28(9,10)17-14-2/h21-23,34H,13-20H2,1-12H3. The summed E-state index contributed by atoms with van der Waals surface area (Å²) in [5.74, 6) is -2.54. The molecular weight excluding hydrogens is 472 g/mol. The lowest BCUT2D eigenvalue weighted by Gasteiger charge is -2.35. The van der Waals surface area contributed by atoms with E-state index in [2.05, 4.69) is 13.8 Å². The van der Waals surface area contributed by atoms with Crippen LogP contribution in [-0.4, -0.2) is 46.9 Å². The summed E-state index contributed by atoms with van der Waals surface area (Å²) in [6.07, 6.45) is 2.43. The van der Waals surface area contributed by atoms with Gasteiger partial charge in [0.1, 0.15) is 18.3 Å². The number of carbonyl (C=O) groups excluding carboxylic acids is 3. The summed E-state index contributed by atoms with van der Waals surface area (Å²) >= 11 is 0. The SMILES string of the molecule is CCCC(C)(C)C(C)OC(=O)CC(O)(CC(=O)OC(C)C(C)(C)CCC)C(=O)OC(C)C(C)(C)CCC. The van der Waals surface area contributed by atoms with Crippen LogP contribution < -0.4 is 0 Å². The van der Waals surface area contributed by atoms with Gasteiger partial charge in [-0.05, 0) is 40.0 Å². The Morgan fingerprint density at radius 2 is 0.865 bits per heavy atom. The molecule has 3 atom stereocenters. The number of hydrogen-bond donors (Lipinski definition) is 1.